The lowest BCUT2D eigenvalue weighted by Gasteiger charge is -2.14. The molecule has 6 heteroatoms. The molecule has 1 aliphatic rings. The first-order valence-electron chi connectivity index (χ1n) is 9.88. The summed E-state index contributed by atoms with van der Waals surface area (Å²) in [6.45, 7) is 1.55. The molecule has 1 fully saturated rings. The summed E-state index contributed by atoms with van der Waals surface area (Å²) in [5.74, 6) is 0.113. The number of fused-ring (bicyclic) bond motifs is 6. The standard InChI is InChI=1S/C23H19F2N3O/c24-12-3-5-19-15(8-12)17-10-18-16-9-13(25)4-6-20(16)28-22(18)23(21(17)27-19)29-11-14-2-1-7-26-14/h3-6,8-10,14,26-28H,1-2,7,11H2. The SMILES string of the molecule is Fc1ccc2[nH]c3c(OCC4CCCN4)c4[nH]c5ccc(F)cc5c4cc3c2c1. The Bertz CT molecular complexity index is 1300. The van der Waals surface area contributed by atoms with Crippen LogP contribution in [0.5, 0.6) is 5.75 Å². The smallest absolute Gasteiger partial charge is 0.167 e. The number of aromatic amines is 2. The van der Waals surface area contributed by atoms with Crippen molar-refractivity contribution in [2.24, 2.45) is 0 Å². The van der Waals surface area contributed by atoms with Crippen LogP contribution in [0.1, 0.15) is 12.8 Å². The minimum Gasteiger partial charge on any atom is -0.488 e. The molecule has 5 aromatic rings. The van der Waals surface area contributed by atoms with E-state index in [4.69, 9.17) is 4.74 Å². The van der Waals surface area contributed by atoms with Gasteiger partial charge in [0.05, 0.1) is 11.0 Å². The average molecular weight is 391 g/mol. The van der Waals surface area contributed by atoms with Gasteiger partial charge in [-0.25, -0.2) is 8.78 Å². The van der Waals surface area contributed by atoms with Gasteiger partial charge in [-0.15, -0.1) is 0 Å². The zero-order valence-corrected chi connectivity index (χ0v) is 15.6. The normalized spacial score (nSPS) is 17.2. The number of halogens is 2. The fraction of sp³-hybridized carbons (Fsp3) is 0.217. The largest absolute Gasteiger partial charge is 0.488 e. The summed E-state index contributed by atoms with van der Waals surface area (Å²) in [5, 5.41) is 6.76. The van der Waals surface area contributed by atoms with Crippen LogP contribution in [0.25, 0.3) is 43.6 Å². The van der Waals surface area contributed by atoms with E-state index in [2.05, 4.69) is 15.3 Å². The Kier molecular flexibility index (Phi) is 3.59. The highest BCUT2D eigenvalue weighted by Crippen LogP contribution is 2.41. The number of hydrogen-bond acceptors (Lipinski definition) is 2. The predicted molar refractivity (Wildman–Crippen MR) is 112 cm³/mol. The summed E-state index contributed by atoms with van der Waals surface area (Å²) in [4.78, 5) is 6.78. The van der Waals surface area contributed by atoms with E-state index in [1.165, 1.54) is 24.3 Å². The molecule has 1 aliphatic heterocycles. The van der Waals surface area contributed by atoms with Crippen LogP contribution >= 0.6 is 0 Å². The summed E-state index contributed by atoms with van der Waals surface area (Å²) in [6.07, 6.45) is 2.22. The summed E-state index contributed by atoms with van der Waals surface area (Å²) < 4.78 is 34.2. The minimum absolute atomic E-state index is 0.291. The molecule has 1 saturated heterocycles. The zero-order valence-electron chi connectivity index (χ0n) is 15.6. The van der Waals surface area contributed by atoms with Gasteiger partial charge in [-0.1, -0.05) is 0 Å². The first-order valence-corrected chi connectivity index (χ1v) is 9.88. The van der Waals surface area contributed by atoms with E-state index >= 15 is 0 Å². The number of ether oxygens (including phenoxy) is 1. The molecule has 1 unspecified atom stereocenters. The van der Waals surface area contributed by atoms with Crippen molar-refractivity contribution in [2.75, 3.05) is 13.2 Å². The van der Waals surface area contributed by atoms with E-state index in [-0.39, 0.29) is 11.6 Å². The molecule has 0 saturated carbocycles. The van der Waals surface area contributed by atoms with Gasteiger partial charge in [-0.3, -0.25) is 0 Å². The fourth-order valence-electron chi connectivity index (χ4n) is 4.52. The second-order valence-electron chi connectivity index (χ2n) is 7.78. The Balaban J connectivity index is 1.66. The van der Waals surface area contributed by atoms with E-state index < -0.39 is 0 Å². The van der Waals surface area contributed by atoms with Crippen molar-refractivity contribution in [2.45, 2.75) is 18.9 Å². The summed E-state index contributed by atoms with van der Waals surface area (Å²) in [7, 11) is 0. The highest BCUT2D eigenvalue weighted by Gasteiger charge is 2.20. The average Bonchev–Trinajstić information content (AvgIpc) is 3.43. The molecule has 0 radical (unpaired) electrons. The lowest BCUT2D eigenvalue weighted by atomic mass is 10.1. The lowest BCUT2D eigenvalue weighted by Crippen LogP contribution is -2.28. The molecule has 146 valence electrons. The number of benzene rings is 3. The minimum atomic E-state index is -0.291. The molecule has 3 heterocycles. The van der Waals surface area contributed by atoms with E-state index in [1.54, 1.807) is 12.1 Å². The maximum absolute atomic E-state index is 13.9. The third-order valence-corrected chi connectivity index (χ3v) is 5.94. The summed E-state index contributed by atoms with van der Waals surface area (Å²) >= 11 is 0. The maximum atomic E-state index is 13.9. The van der Waals surface area contributed by atoms with Crippen molar-refractivity contribution >= 4 is 43.6 Å². The Morgan fingerprint density at radius 3 is 2.00 bits per heavy atom. The quantitative estimate of drug-likeness (QED) is 0.388. The van der Waals surface area contributed by atoms with Crippen LogP contribution in [-0.2, 0) is 0 Å². The second-order valence-corrected chi connectivity index (χ2v) is 7.78. The van der Waals surface area contributed by atoms with Crippen LogP contribution in [0.15, 0.2) is 42.5 Å². The predicted octanol–water partition coefficient (Wildman–Crippen LogP) is 5.36. The Labute approximate surface area is 164 Å². The third kappa shape index (κ3) is 2.59. The molecular weight excluding hydrogens is 372 g/mol. The van der Waals surface area contributed by atoms with Crippen LogP contribution in [0.4, 0.5) is 8.78 Å². The maximum Gasteiger partial charge on any atom is 0.167 e. The highest BCUT2D eigenvalue weighted by molar-refractivity contribution is 6.20. The van der Waals surface area contributed by atoms with Gasteiger partial charge in [-0.05, 0) is 61.9 Å². The number of hydrogen-bond donors (Lipinski definition) is 3. The first kappa shape index (κ1) is 16.8. The molecule has 0 spiro atoms. The molecule has 1 atom stereocenters. The topological polar surface area (TPSA) is 52.8 Å². The molecule has 0 amide bonds. The van der Waals surface area contributed by atoms with Crippen molar-refractivity contribution in [1.82, 2.24) is 15.3 Å². The Morgan fingerprint density at radius 1 is 0.828 bits per heavy atom. The lowest BCUT2D eigenvalue weighted by molar-refractivity contribution is 0.282. The Morgan fingerprint density at radius 2 is 1.45 bits per heavy atom. The highest BCUT2D eigenvalue weighted by atomic mass is 19.1. The summed E-state index contributed by atoms with van der Waals surface area (Å²) in [5.41, 5.74) is 3.33. The van der Waals surface area contributed by atoms with Crippen molar-refractivity contribution in [3.05, 3.63) is 54.1 Å². The molecule has 4 nitrogen and oxygen atoms in total. The summed E-state index contributed by atoms with van der Waals surface area (Å²) in [6, 6.07) is 11.7. The van der Waals surface area contributed by atoms with Crippen LogP contribution in [0.3, 0.4) is 0 Å². The van der Waals surface area contributed by atoms with Gasteiger partial charge in [0.2, 0.25) is 0 Å². The van der Waals surface area contributed by atoms with Gasteiger partial charge in [0.1, 0.15) is 18.2 Å². The van der Waals surface area contributed by atoms with Gasteiger partial charge in [0.15, 0.2) is 5.75 Å². The van der Waals surface area contributed by atoms with Crippen LogP contribution in [0, 0.1) is 11.6 Å². The first-order chi connectivity index (χ1) is 14.2. The Hall–Kier alpha value is -3.12. The third-order valence-electron chi connectivity index (χ3n) is 5.94. The van der Waals surface area contributed by atoms with E-state index in [0.717, 1.165) is 63.0 Å². The van der Waals surface area contributed by atoms with Gasteiger partial charge in [0.25, 0.3) is 0 Å². The number of aromatic nitrogens is 2. The molecule has 3 aromatic carbocycles. The van der Waals surface area contributed by atoms with Crippen molar-refractivity contribution in [3.8, 4) is 5.75 Å². The number of H-pyrrole nitrogens is 2. The zero-order chi connectivity index (χ0) is 19.5. The fourth-order valence-corrected chi connectivity index (χ4v) is 4.52. The molecule has 0 bridgehead atoms. The van der Waals surface area contributed by atoms with Gasteiger partial charge in [0, 0.05) is 38.6 Å². The van der Waals surface area contributed by atoms with Gasteiger partial charge in [-0.2, -0.15) is 0 Å². The van der Waals surface area contributed by atoms with Crippen molar-refractivity contribution < 1.29 is 13.5 Å². The number of nitrogens with one attached hydrogen (secondary N) is 3. The molecule has 29 heavy (non-hydrogen) atoms. The molecule has 0 aliphatic carbocycles. The van der Waals surface area contributed by atoms with Crippen LogP contribution < -0.4 is 10.1 Å². The van der Waals surface area contributed by atoms with E-state index in [9.17, 15) is 8.78 Å². The van der Waals surface area contributed by atoms with Gasteiger partial charge >= 0.3 is 0 Å². The molecule has 2 aromatic heterocycles. The van der Waals surface area contributed by atoms with Gasteiger partial charge < -0.3 is 20.0 Å². The number of rotatable bonds is 3. The van der Waals surface area contributed by atoms with Crippen molar-refractivity contribution in [3.63, 3.8) is 0 Å². The van der Waals surface area contributed by atoms with Crippen molar-refractivity contribution in [1.29, 1.82) is 0 Å². The molecule has 3 N–H and O–H groups in total. The monoisotopic (exact) mass is 391 g/mol. The van der Waals surface area contributed by atoms with E-state index in [0.29, 0.717) is 18.4 Å². The second kappa shape index (κ2) is 6.19. The van der Waals surface area contributed by atoms with E-state index in [1.807, 2.05) is 6.07 Å². The van der Waals surface area contributed by atoms with Crippen LogP contribution in [0.2, 0.25) is 0 Å². The molecule has 6 rings (SSSR count). The molecular formula is C23H19F2N3O. The van der Waals surface area contributed by atoms with Crippen LogP contribution in [-0.4, -0.2) is 29.2 Å².